The van der Waals surface area contributed by atoms with Crippen molar-refractivity contribution in [1.29, 1.82) is 5.26 Å². The van der Waals surface area contributed by atoms with Crippen molar-refractivity contribution >= 4 is 5.69 Å². The molecule has 0 heterocycles. The Morgan fingerprint density at radius 2 is 1.73 bits per heavy atom. The van der Waals surface area contributed by atoms with Crippen molar-refractivity contribution < 1.29 is 10.2 Å². The van der Waals surface area contributed by atoms with Crippen molar-refractivity contribution in [3.63, 3.8) is 0 Å². The van der Waals surface area contributed by atoms with Gasteiger partial charge in [-0.1, -0.05) is 0 Å². The van der Waals surface area contributed by atoms with Crippen molar-refractivity contribution in [2.45, 2.75) is 0 Å². The van der Waals surface area contributed by atoms with Crippen LogP contribution in [0.15, 0.2) is 12.1 Å². The third-order valence-electron chi connectivity index (χ3n) is 1.23. The first-order valence-corrected chi connectivity index (χ1v) is 2.86. The van der Waals surface area contributed by atoms with E-state index in [4.69, 9.17) is 21.2 Å². The molecule has 4 heteroatoms. The topological polar surface area (TPSA) is 90.3 Å². The number of phenolic OH excluding ortho intramolecular Hbond substituents is 2. The van der Waals surface area contributed by atoms with Gasteiger partial charge in [0.05, 0.1) is 0 Å². The Morgan fingerprint density at radius 3 is 2.09 bits per heavy atom. The third kappa shape index (κ3) is 1.17. The molecule has 11 heavy (non-hydrogen) atoms. The molecule has 4 N–H and O–H groups in total. The molecule has 0 fully saturated rings. The van der Waals surface area contributed by atoms with Crippen LogP contribution in [0.2, 0.25) is 0 Å². The molecule has 0 unspecified atom stereocenters. The second-order valence-corrected chi connectivity index (χ2v) is 2.05. The first kappa shape index (κ1) is 7.22. The standard InChI is InChI=1S/C7H6N2O2/c8-3-5-6(10)1-4(9)2-7(5)11/h1-2,10-11H,9H2. The van der Waals surface area contributed by atoms with E-state index in [1.54, 1.807) is 6.07 Å². The molecule has 0 aliphatic rings. The lowest BCUT2D eigenvalue weighted by molar-refractivity contribution is 0.448. The number of nitrogens with two attached hydrogens (primary N) is 1. The summed E-state index contributed by atoms with van der Waals surface area (Å²) in [6.45, 7) is 0. The summed E-state index contributed by atoms with van der Waals surface area (Å²) in [5, 5.41) is 26.4. The summed E-state index contributed by atoms with van der Waals surface area (Å²) < 4.78 is 0. The van der Waals surface area contributed by atoms with E-state index < -0.39 is 0 Å². The molecular formula is C7H6N2O2. The van der Waals surface area contributed by atoms with E-state index in [1.807, 2.05) is 0 Å². The molecule has 0 atom stereocenters. The summed E-state index contributed by atoms with van der Waals surface area (Å²) in [7, 11) is 0. The zero-order chi connectivity index (χ0) is 8.43. The van der Waals surface area contributed by atoms with Crippen LogP contribution >= 0.6 is 0 Å². The second-order valence-electron chi connectivity index (χ2n) is 2.05. The normalized spacial score (nSPS) is 9.00. The van der Waals surface area contributed by atoms with Crippen molar-refractivity contribution in [3.05, 3.63) is 17.7 Å². The van der Waals surface area contributed by atoms with Gasteiger partial charge < -0.3 is 15.9 Å². The van der Waals surface area contributed by atoms with Crippen LogP contribution in [0.25, 0.3) is 0 Å². The van der Waals surface area contributed by atoms with E-state index in [0.29, 0.717) is 0 Å². The Labute approximate surface area is 63.1 Å². The van der Waals surface area contributed by atoms with Crippen LogP contribution in [0, 0.1) is 11.3 Å². The minimum Gasteiger partial charge on any atom is -0.506 e. The summed E-state index contributed by atoms with van der Waals surface area (Å²) in [4.78, 5) is 0. The van der Waals surface area contributed by atoms with Crippen LogP contribution in [0.1, 0.15) is 5.56 Å². The fraction of sp³-hybridized carbons (Fsp3) is 0. The van der Waals surface area contributed by atoms with Gasteiger partial charge >= 0.3 is 0 Å². The van der Waals surface area contributed by atoms with Gasteiger partial charge in [-0.3, -0.25) is 0 Å². The van der Waals surface area contributed by atoms with Gasteiger partial charge in [0.15, 0.2) is 0 Å². The Bertz CT molecular complexity index is 305. The van der Waals surface area contributed by atoms with Crippen molar-refractivity contribution in [2.24, 2.45) is 0 Å². The lowest BCUT2D eigenvalue weighted by Gasteiger charge is -1.99. The molecule has 4 nitrogen and oxygen atoms in total. The van der Waals surface area contributed by atoms with Crippen LogP contribution < -0.4 is 5.73 Å². The Morgan fingerprint density at radius 1 is 1.27 bits per heavy atom. The first-order chi connectivity index (χ1) is 5.15. The summed E-state index contributed by atoms with van der Waals surface area (Å²) in [6, 6.07) is 4.05. The first-order valence-electron chi connectivity index (χ1n) is 2.86. The molecule has 0 saturated heterocycles. The fourth-order valence-electron chi connectivity index (χ4n) is 0.748. The molecule has 0 spiro atoms. The molecule has 0 aliphatic heterocycles. The molecular weight excluding hydrogens is 144 g/mol. The zero-order valence-corrected chi connectivity index (χ0v) is 5.57. The Hall–Kier alpha value is -1.89. The lowest BCUT2D eigenvalue weighted by Crippen LogP contribution is -1.86. The number of phenols is 2. The monoisotopic (exact) mass is 150 g/mol. The minimum atomic E-state index is -0.301. The van der Waals surface area contributed by atoms with E-state index >= 15 is 0 Å². The average Bonchev–Trinajstić information content (AvgIpc) is 1.85. The van der Waals surface area contributed by atoms with Gasteiger partial charge in [-0.2, -0.15) is 5.26 Å². The number of nitriles is 1. The van der Waals surface area contributed by atoms with E-state index in [0.717, 1.165) is 0 Å². The Balaban J connectivity index is 3.40. The van der Waals surface area contributed by atoms with Crippen LogP contribution in [0.3, 0.4) is 0 Å². The quantitative estimate of drug-likeness (QED) is 0.471. The maximum Gasteiger partial charge on any atom is 0.139 e. The average molecular weight is 150 g/mol. The summed E-state index contributed by atoms with van der Waals surface area (Å²) in [5.74, 6) is -0.602. The molecule has 0 saturated carbocycles. The van der Waals surface area contributed by atoms with Crippen LogP contribution in [-0.4, -0.2) is 10.2 Å². The SMILES string of the molecule is N#Cc1c(O)cc(N)cc1O. The third-order valence-corrected chi connectivity index (χ3v) is 1.23. The molecule has 0 bridgehead atoms. The summed E-state index contributed by atoms with van der Waals surface area (Å²) >= 11 is 0. The summed E-state index contributed by atoms with van der Waals surface area (Å²) in [6.07, 6.45) is 0. The van der Waals surface area contributed by atoms with E-state index in [1.165, 1.54) is 12.1 Å². The second kappa shape index (κ2) is 2.39. The van der Waals surface area contributed by atoms with Gasteiger partial charge in [0.25, 0.3) is 0 Å². The molecule has 56 valence electrons. The van der Waals surface area contributed by atoms with Gasteiger partial charge in [0, 0.05) is 17.8 Å². The number of hydrogen-bond donors (Lipinski definition) is 3. The zero-order valence-electron chi connectivity index (χ0n) is 5.57. The number of nitrogen functional groups attached to an aromatic ring is 1. The molecule has 0 amide bonds. The minimum absolute atomic E-state index is 0.154. The predicted octanol–water partition coefficient (Wildman–Crippen LogP) is 0.552. The highest BCUT2D eigenvalue weighted by Gasteiger charge is 2.06. The lowest BCUT2D eigenvalue weighted by atomic mass is 10.2. The van der Waals surface area contributed by atoms with E-state index in [9.17, 15) is 0 Å². The fourth-order valence-corrected chi connectivity index (χ4v) is 0.748. The number of benzene rings is 1. The van der Waals surface area contributed by atoms with E-state index in [-0.39, 0.29) is 22.7 Å². The number of anilines is 1. The number of rotatable bonds is 0. The van der Waals surface area contributed by atoms with Crippen LogP contribution in [0.5, 0.6) is 11.5 Å². The highest BCUT2D eigenvalue weighted by molar-refractivity contribution is 5.59. The highest BCUT2D eigenvalue weighted by atomic mass is 16.3. The number of hydrogen-bond acceptors (Lipinski definition) is 4. The molecule has 0 radical (unpaired) electrons. The van der Waals surface area contributed by atoms with Crippen LogP contribution in [0.4, 0.5) is 5.69 Å². The van der Waals surface area contributed by atoms with Gasteiger partial charge in [-0.25, -0.2) is 0 Å². The summed E-state index contributed by atoms with van der Waals surface area (Å²) in [5.41, 5.74) is 5.32. The van der Waals surface area contributed by atoms with Crippen molar-refractivity contribution in [1.82, 2.24) is 0 Å². The van der Waals surface area contributed by atoms with E-state index in [2.05, 4.69) is 0 Å². The van der Waals surface area contributed by atoms with Gasteiger partial charge in [-0.15, -0.1) is 0 Å². The smallest absolute Gasteiger partial charge is 0.139 e. The van der Waals surface area contributed by atoms with Gasteiger partial charge in [0.2, 0.25) is 0 Å². The van der Waals surface area contributed by atoms with Crippen LogP contribution in [-0.2, 0) is 0 Å². The molecule has 1 rings (SSSR count). The largest absolute Gasteiger partial charge is 0.506 e. The highest BCUT2D eigenvalue weighted by Crippen LogP contribution is 2.28. The van der Waals surface area contributed by atoms with Gasteiger partial charge in [0.1, 0.15) is 23.1 Å². The van der Waals surface area contributed by atoms with Crippen molar-refractivity contribution in [3.8, 4) is 17.6 Å². The van der Waals surface area contributed by atoms with Gasteiger partial charge in [-0.05, 0) is 0 Å². The molecule has 1 aromatic carbocycles. The number of nitrogens with zero attached hydrogens (tertiary/aromatic N) is 1. The molecule has 0 aromatic heterocycles. The maximum absolute atomic E-state index is 9.01. The molecule has 0 aliphatic carbocycles. The number of aromatic hydroxyl groups is 2. The Kier molecular flexibility index (Phi) is 1.57. The van der Waals surface area contributed by atoms with Crippen molar-refractivity contribution in [2.75, 3.05) is 5.73 Å². The maximum atomic E-state index is 9.01. The molecule has 1 aromatic rings. The predicted molar refractivity (Wildman–Crippen MR) is 38.9 cm³/mol.